The Kier molecular flexibility index (Phi) is 3.82. The second-order valence-electron chi connectivity index (χ2n) is 3.00. The maximum Gasteiger partial charge on any atom is 0.273 e. The third kappa shape index (κ3) is 2.47. The Morgan fingerprint density at radius 1 is 1.44 bits per heavy atom. The molecule has 2 N–H and O–H groups in total. The fourth-order valence-corrected chi connectivity index (χ4v) is 1.22. The van der Waals surface area contributed by atoms with Crippen molar-refractivity contribution in [2.45, 2.75) is 6.92 Å². The van der Waals surface area contributed by atoms with Crippen LogP contribution in [0.15, 0.2) is 12.3 Å². The zero-order valence-corrected chi connectivity index (χ0v) is 9.33. The molecule has 1 aromatic rings. The molecule has 0 radical (unpaired) electrons. The smallest absolute Gasteiger partial charge is 0.273 e. The number of nitrogens with one attached hydrogen (secondary N) is 2. The van der Waals surface area contributed by atoms with E-state index in [1.54, 1.807) is 6.07 Å². The molecule has 0 unspecified atom stereocenters. The normalized spacial score (nSPS) is 9.44. The van der Waals surface area contributed by atoms with Crippen molar-refractivity contribution in [3.05, 3.63) is 18.0 Å². The monoisotopic (exact) mass is 223 g/mol. The molecule has 1 aromatic heterocycles. The number of anilines is 1. The molecule has 1 heterocycles. The summed E-state index contributed by atoms with van der Waals surface area (Å²) in [5.74, 6) is -0.367. The maximum atomic E-state index is 11.5. The number of carbonyl (C=O) groups is 2. The number of hydrogen-bond donors (Lipinski definition) is 2. The predicted octanol–water partition coefficient (Wildman–Crippen LogP) is 0.408. The van der Waals surface area contributed by atoms with Crippen molar-refractivity contribution >= 4 is 17.5 Å². The summed E-state index contributed by atoms with van der Waals surface area (Å²) >= 11 is 0. The van der Waals surface area contributed by atoms with Gasteiger partial charge in [-0.15, -0.1) is 0 Å². The van der Waals surface area contributed by atoms with E-state index in [9.17, 15) is 9.59 Å². The van der Waals surface area contributed by atoms with E-state index in [-0.39, 0.29) is 23.3 Å². The fourth-order valence-electron chi connectivity index (χ4n) is 1.22. The highest BCUT2D eigenvalue weighted by Crippen LogP contribution is 2.26. The summed E-state index contributed by atoms with van der Waals surface area (Å²) in [5.41, 5.74) is 0.555. The van der Waals surface area contributed by atoms with Crippen molar-refractivity contribution in [1.29, 1.82) is 0 Å². The minimum Gasteiger partial charge on any atom is -0.492 e. The number of nitrogens with zero attached hydrogens (tertiary/aromatic N) is 1. The Morgan fingerprint density at radius 2 is 2.12 bits per heavy atom. The fraction of sp³-hybridized carbons (Fsp3) is 0.300. The van der Waals surface area contributed by atoms with Gasteiger partial charge in [-0.05, 0) is 6.07 Å². The SMILES string of the molecule is CNC(=O)c1nccc(NC(C)=O)c1OC. The molecule has 0 saturated heterocycles. The van der Waals surface area contributed by atoms with E-state index in [0.717, 1.165) is 0 Å². The molecule has 1 rings (SSSR count). The summed E-state index contributed by atoms with van der Waals surface area (Å²) < 4.78 is 5.06. The van der Waals surface area contributed by atoms with Gasteiger partial charge in [0.1, 0.15) is 0 Å². The average molecular weight is 223 g/mol. The van der Waals surface area contributed by atoms with Crippen LogP contribution in [0.5, 0.6) is 5.75 Å². The lowest BCUT2D eigenvalue weighted by atomic mass is 10.2. The van der Waals surface area contributed by atoms with E-state index in [4.69, 9.17) is 4.74 Å². The minimum absolute atomic E-state index is 0.135. The Morgan fingerprint density at radius 3 is 2.62 bits per heavy atom. The molecule has 86 valence electrons. The van der Waals surface area contributed by atoms with Crippen LogP contribution in [0.25, 0.3) is 0 Å². The molecule has 0 saturated carbocycles. The van der Waals surface area contributed by atoms with Crippen molar-refractivity contribution in [3.63, 3.8) is 0 Å². The van der Waals surface area contributed by atoms with Gasteiger partial charge in [0.15, 0.2) is 11.4 Å². The van der Waals surface area contributed by atoms with Crippen LogP contribution in [-0.4, -0.2) is 31.0 Å². The minimum atomic E-state index is -0.371. The zero-order valence-electron chi connectivity index (χ0n) is 9.33. The number of aromatic nitrogens is 1. The molecule has 0 bridgehead atoms. The highest BCUT2D eigenvalue weighted by atomic mass is 16.5. The number of ether oxygens (including phenoxy) is 1. The van der Waals surface area contributed by atoms with E-state index in [0.29, 0.717) is 5.69 Å². The van der Waals surface area contributed by atoms with Crippen LogP contribution in [-0.2, 0) is 4.79 Å². The molecule has 16 heavy (non-hydrogen) atoms. The van der Waals surface area contributed by atoms with Crippen LogP contribution in [0, 0.1) is 0 Å². The Bertz CT molecular complexity index is 418. The standard InChI is InChI=1S/C10H13N3O3/c1-6(14)13-7-4-5-12-8(9(7)16-3)10(15)11-2/h4-5H,1-3H3,(H,11,15)(H,12,13,14). The molecular weight excluding hydrogens is 210 g/mol. The van der Waals surface area contributed by atoms with Crippen molar-refractivity contribution in [3.8, 4) is 5.75 Å². The first-order valence-corrected chi connectivity index (χ1v) is 4.62. The summed E-state index contributed by atoms with van der Waals surface area (Å²) in [6, 6.07) is 1.56. The topological polar surface area (TPSA) is 80.3 Å². The summed E-state index contributed by atoms with van der Waals surface area (Å²) in [5, 5.41) is 5.00. The molecular formula is C10H13N3O3. The molecule has 0 fully saturated rings. The second-order valence-corrected chi connectivity index (χ2v) is 3.00. The number of hydrogen-bond acceptors (Lipinski definition) is 4. The van der Waals surface area contributed by atoms with E-state index < -0.39 is 0 Å². The zero-order chi connectivity index (χ0) is 12.1. The first kappa shape index (κ1) is 12.0. The molecule has 2 amide bonds. The van der Waals surface area contributed by atoms with Crippen molar-refractivity contribution < 1.29 is 14.3 Å². The summed E-state index contributed by atoms with van der Waals surface area (Å²) in [4.78, 5) is 26.3. The quantitative estimate of drug-likeness (QED) is 0.777. The first-order valence-electron chi connectivity index (χ1n) is 4.62. The predicted molar refractivity (Wildman–Crippen MR) is 58.5 cm³/mol. The Hall–Kier alpha value is -2.11. The molecule has 0 aliphatic rings. The van der Waals surface area contributed by atoms with Gasteiger partial charge in [0.25, 0.3) is 5.91 Å². The summed E-state index contributed by atoms with van der Waals surface area (Å²) in [6.45, 7) is 1.37. The molecule has 0 atom stereocenters. The number of methoxy groups -OCH3 is 1. The molecule has 0 aromatic carbocycles. The third-order valence-electron chi connectivity index (χ3n) is 1.86. The van der Waals surface area contributed by atoms with Gasteiger partial charge in [0, 0.05) is 20.2 Å². The third-order valence-corrected chi connectivity index (χ3v) is 1.86. The van der Waals surface area contributed by atoms with E-state index in [1.807, 2.05) is 0 Å². The van der Waals surface area contributed by atoms with E-state index in [1.165, 1.54) is 27.3 Å². The lowest BCUT2D eigenvalue weighted by molar-refractivity contribution is -0.114. The van der Waals surface area contributed by atoms with Gasteiger partial charge < -0.3 is 15.4 Å². The highest BCUT2D eigenvalue weighted by Gasteiger charge is 2.16. The van der Waals surface area contributed by atoms with Gasteiger partial charge in [-0.1, -0.05) is 0 Å². The molecule has 0 spiro atoms. The molecule has 0 aliphatic heterocycles. The first-order chi connectivity index (χ1) is 7.60. The average Bonchev–Trinajstić information content (AvgIpc) is 2.27. The number of pyridine rings is 1. The molecule has 6 nitrogen and oxygen atoms in total. The van der Waals surface area contributed by atoms with E-state index in [2.05, 4.69) is 15.6 Å². The number of carbonyl (C=O) groups excluding carboxylic acids is 2. The van der Waals surface area contributed by atoms with Crippen LogP contribution in [0.2, 0.25) is 0 Å². The Balaban J connectivity index is 3.20. The molecule has 6 heteroatoms. The van der Waals surface area contributed by atoms with Crippen LogP contribution in [0.3, 0.4) is 0 Å². The van der Waals surface area contributed by atoms with Crippen LogP contribution in [0.4, 0.5) is 5.69 Å². The summed E-state index contributed by atoms with van der Waals surface area (Å²) in [6.07, 6.45) is 1.43. The van der Waals surface area contributed by atoms with Crippen molar-refractivity contribution in [1.82, 2.24) is 10.3 Å². The van der Waals surface area contributed by atoms with Crippen molar-refractivity contribution in [2.75, 3.05) is 19.5 Å². The summed E-state index contributed by atoms with van der Waals surface area (Å²) in [7, 11) is 2.91. The number of amides is 2. The van der Waals surface area contributed by atoms with Gasteiger partial charge in [0.05, 0.1) is 12.8 Å². The van der Waals surface area contributed by atoms with Gasteiger partial charge in [-0.25, -0.2) is 4.98 Å². The van der Waals surface area contributed by atoms with E-state index >= 15 is 0 Å². The largest absolute Gasteiger partial charge is 0.492 e. The van der Waals surface area contributed by atoms with Gasteiger partial charge in [-0.2, -0.15) is 0 Å². The second kappa shape index (κ2) is 5.11. The highest BCUT2D eigenvalue weighted by molar-refractivity contribution is 5.99. The molecule has 0 aliphatic carbocycles. The van der Waals surface area contributed by atoms with Crippen LogP contribution >= 0.6 is 0 Å². The lowest BCUT2D eigenvalue weighted by Crippen LogP contribution is -2.21. The van der Waals surface area contributed by atoms with Gasteiger partial charge in [0.2, 0.25) is 5.91 Å². The lowest BCUT2D eigenvalue weighted by Gasteiger charge is -2.11. The van der Waals surface area contributed by atoms with Gasteiger partial charge in [-0.3, -0.25) is 9.59 Å². The van der Waals surface area contributed by atoms with Crippen LogP contribution in [0.1, 0.15) is 17.4 Å². The number of rotatable bonds is 3. The van der Waals surface area contributed by atoms with Crippen molar-refractivity contribution in [2.24, 2.45) is 0 Å². The Labute approximate surface area is 93.0 Å². The van der Waals surface area contributed by atoms with Crippen LogP contribution < -0.4 is 15.4 Å². The maximum absolute atomic E-state index is 11.5. The van der Waals surface area contributed by atoms with Gasteiger partial charge >= 0.3 is 0 Å².